The predicted octanol–water partition coefficient (Wildman–Crippen LogP) is -0.0661. The molecule has 2 heterocycles. The van der Waals surface area contributed by atoms with Gasteiger partial charge in [0.05, 0.1) is 11.2 Å². The van der Waals surface area contributed by atoms with E-state index in [1.54, 1.807) is 5.51 Å². The largest absolute Gasteiger partial charge is 0.381 e. The quantitative estimate of drug-likeness (QED) is 0.598. The summed E-state index contributed by atoms with van der Waals surface area (Å²) < 4.78 is 0. The van der Waals surface area contributed by atoms with E-state index in [2.05, 4.69) is 10.3 Å². The fourth-order valence-corrected chi connectivity index (χ4v) is 1.63. The summed E-state index contributed by atoms with van der Waals surface area (Å²) in [5.74, 6) is 0. The molecule has 1 saturated heterocycles. The molecule has 0 spiro atoms. The Morgan fingerprint density at radius 2 is 2.50 bits per heavy atom. The van der Waals surface area contributed by atoms with Crippen LogP contribution in [-0.2, 0) is 5.60 Å². The molecule has 0 aliphatic carbocycles. The normalized spacial score (nSPS) is 22.1. The molecule has 2 rings (SSSR count). The molecule has 4 heteroatoms. The van der Waals surface area contributed by atoms with Crippen molar-refractivity contribution >= 4 is 11.3 Å². The Morgan fingerprint density at radius 3 is 2.90 bits per heavy atom. The van der Waals surface area contributed by atoms with Gasteiger partial charge >= 0.3 is 0 Å². The van der Waals surface area contributed by atoms with Crippen molar-refractivity contribution in [1.29, 1.82) is 0 Å². The molecule has 0 radical (unpaired) electrons. The number of rotatable bonds is 1. The standard InChI is InChI=1S/C6H8N2OS/c9-6(2-7-3-6)5-1-10-4-8-5/h1,4,7,9H,2-3H2. The Bertz CT molecular complexity index is 218. The highest BCUT2D eigenvalue weighted by Crippen LogP contribution is 2.24. The van der Waals surface area contributed by atoms with Crippen molar-refractivity contribution in [2.75, 3.05) is 13.1 Å². The van der Waals surface area contributed by atoms with Gasteiger partial charge in [-0.05, 0) is 0 Å². The van der Waals surface area contributed by atoms with E-state index in [9.17, 15) is 5.11 Å². The maximum atomic E-state index is 9.65. The number of nitrogens with one attached hydrogen (secondary N) is 1. The van der Waals surface area contributed by atoms with Crippen molar-refractivity contribution in [2.24, 2.45) is 0 Å². The van der Waals surface area contributed by atoms with Crippen LogP contribution < -0.4 is 5.32 Å². The van der Waals surface area contributed by atoms with Gasteiger partial charge in [-0.25, -0.2) is 4.98 Å². The number of aliphatic hydroxyl groups is 1. The van der Waals surface area contributed by atoms with Crippen LogP contribution in [0.1, 0.15) is 5.69 Å². The number of thiazole rings is 1. The molecule has 10 heavy (non-hydrogen) atoms. The molecule has 1 aliphatic rings. The Balaban J connectivity index is 2.27. The van der Waals surface area contributed by atoms with Crippen molar-refractivity contribution in [2.45, 2.75) is 5.60 Å². The van der Waals surface area contributed by atoms with Gasteiger partial charge in [0.15, 0.2) is 0 Å². The van der Waals surface area contributed by atoms with Crippen LogP contribution >= 0.6 is 11.3 Å². The van der Waals surface area contributed by atoms with Gasteiger partial charge in [-0.2, -0.15) is 0 Å². The van der Waals surface area contributed by atoms with Crippen molar-refractivity contribution in [3.05, 3.63) is 16.6 Å². The Kier molecular flexibility index (Phi) is 1.26. The monoisotopic (exact) mass is 156 g/mol. The van der Waals surface area contributed by atoms with E-state index in [1.165, 1.54) is 11.3 Å². The molecule has 2 N–H and O–H groups in total. The van der Waals surface area contributed by atoms with Crippen LogP contribution in [0.5, 0.6) is 0 Å². The highest BCUT2D eigenvalue weighted by Gasteiger charge is 2.37. The van der Waals surface area contributed by atoms with Gasteiger partial charge in [-0.3, -0.25) is 0 Å². The summed E-state index contributed by atoms with van der Waals surface area (Å²) in [5.41, 5.74) is 1.88. The number of β-amino-alcohol motifs (C(OH)–C–C–N with tert-alkyl or cyclic N) is 1. The molecule has 0 amide bonds. The first kappa shape index (κ1) is 6.27. The molecule has 54 valence electrons. The van der Waals surface area contributed by atoms with E-state index in [4.69, 9.17) is 0 Å². The first-order valence-corrected chi connectivity index (χ1v) is 4.07. The lowest BCUT2D eigenvalue weighted by Gasteiger charge is -2.35. The molecule has 1 aromatic heterocycles. The van der Waals surface area contributed by atoms with Gasteiger partial charge in [0.2, 0.25) is 0 Å². The summed E-state index contributed by atoms with van der Waals surface area (Å²) in [7, 11) is 0. The molecule has 1 aliphatic heterocycles. The highest BCUT2D eigenvalue weighted by molar-refractivity contribution is 7.07. The zero-order valence-electron chi connectivity index (χ0n) is 5.37. The Labute approximate surface area is 62.7 Å². The fourth-order valence-electron chi connectivity index (χ4n) is 0.985. The maximum absolute atomic E-state index is 9.65. The fraction of sp³-hybridized carbons (Fsp3) is 0.500. The van der Waals surface area contributed by atoms with Crippen molar-refractivity contribution in [3.63, 3.8) is 0 Å². The summed E-state index contributed by atoms with van der Waals surface area (Å²) in [4.78, 5) is 4.04. The van der Waals surface area contributed by atoms with Gasteiger partial charge in [0, 0.05) is 18.5 Å². The van der Waals surface area contributed by atoms with Gasteiger partial charge < -0.3 is 10.4 Å². The van der Waals surface area contributed by atoms with E-state index >= 15 is 0 Å². The Morgan fingerprint density at radius 1 is 1.70 bits per heavy atom. The van der Waals surface area contributed by atoms with Crippen LogP contribution in [0.25, 0.3) is 0 Å². The summed E-state index contributed by atoms with van der Waals surface area (Å²) in [6.07, 6.45) is 0. The van der Waals surface area contributed by atoms with Crippen LogP contribution in [0.3, 0.4) is 0 Å². The van der Waals surface area contributed by atoms with E-state index in [0.29, 0.717) is 13.1 Å². The molecular weight excluding hydrogens is 148 g/mol. The summed E-state index contributed by atoms with van der Waals surface area (Å²) >= 11 is 1.52. The van der Waals surface area contributed by atoms with Crippen LogP contribution in [0, 0.1) is 0 Å². The molecule has 0 aromatic carbocycles. The molecule has 0 unspecified atom stereocenters. The first-order valence-electron chi connectivity index (χ1n) is 3.13. The number of hydrogen-bond donors (Lipinski definition) is 2. The average Bonchev–Trinajstić information content (AvgIpc) is 2.33. The number of hydrogen-bond acceptors (Lipinski definition) is 4. The van der Waals surface area contributed by atoms with Crippen LogP contribution in [0.4, 0.5) is 0 Å². The van der Waals surface area contributed by atoms with Crippen LogP contribution in [0.15, 0.2) is 10.9 Å². The summed E-state index contributed by atoms with van der Waals surface area (Å²) in [5, 5.41) is 14.5. The minimum Gasteiger partial charge on any atom is -0.381 e. The third-order valence-corrected chi connectivity index (χ3v) is 2.33. The highest BCUT2D eigenvalue weighted by atomic mass is 32.1. The third kappa shape index (κ3) is 0.767. The topological polar surface area (TPSA) is 45.2 Å². The average molecular weight is 156 g/mol. The van der Waals surface area contributed by atoms with Gasteiger partial charge in [0.25, 0.3) is 0 Å². The predicted molar refractivity (Wildman–Crippen MR) is 38.9 cm³/mol. The van der Waals surface area contributed by atoms with Crippen molar-refractivity contribution < 1.29 is 5.11 Å². The molecule has 0 atom stereocenters. The molecule has 0 saturated carbocycles. The lowest BCUT2D eigenvalue weighted by molar-refractivity contribution is -0.0180. The zero-order chi connectivity index (χ0) is 7.03. The Hall–Kier alpha value is -0.450. The second-order valence-electron chi connectivity index (χ2n) is 2.51. The van der Waals surface area contributed by atoms with E-state index < -0.39 is 5.60 Å². The lowest BCUT2D eigenvalue weighted by atomic mass is 9.94. The van der Waals surface area contributed by atoms with Crippen LogP contribution in [-0.4, -0.2) is 23.2 Å². The van der Waals surface area contributed by atoms with E-state index in [1.807, 2.05) is 5.38 Å². The van der Waals surface area contributed by atoms with Crippen LogP contribution in [0.2, 0.25) is 0 Å². The zero-order valence-corrected chi connectivity index (χ0v) is 6.19. The van der Waals surface area contributed by atoms with E-state index in [-0.39, 0.29) is 0 Å². The van der Waals surface area contributed by atoms with Gasteiger partial charge in [-0.1, -0.05) is 0 Å². The minimum absolute atomic E-state index is 0.636. The number of nitrogens with zero attached hydrogens (tertiary/aromatic N) is 1. The molecule has 1 fully saturated rings. The molecule has 0 bridgehead atoms. The van der Waals surface area contributed by atoms with Gasteiger partial charge in [0.1, 0.15) is 5.60 Å². The summed E-state index contributed by atoms with van der Waals surface area (Å²) in [6.45, 7) is 1.27. The molecular formula is C6H8N2OS. The van der Waals surface area contributed by atoms with Gasteiger partial charge in [-0.15, -0.1) is 11.3 Å². The minimum atomic E-state index is -0.667. The number of aromatic nitrogens is 1. The molecule has 3 nitrogen and oxygen atoms in total. The SMILES string of the molecule is OC1(c2cscn2)CNC1. The second-order valence-corrected chi connectivity index (χ2v) is 3.23. The molecule has 1 aromatic rings. The first-order chi connectivity index (χ1) is 4.81. The van der Waals surface area contributed by atoms with Crippen molar-refractivity contribution in [3.8, 4) is 0 Å². The summed E-state index contributed by atoms with van der Waals surface area (Å²) in [6, 6.07) is 0. The second kappa shape index (κ2) is 2.02. The lowest BCUT2D eigenvalue weighted by Crippen LogP contribution is -2.56. The smallest absolute Gasteiger partial charge is 0.132 e. The van der Waals surface area contributed by atoms with Crippen molar-refractivity contribution in [1.82, 2.24) is 10.3 Å². The third-order valence-electron chi connectivity index (χ3n) is 1.74. The van der Waals surface area contributed by atoms with E-state index in [0.717, 1.165) is 5.69 Å². The maximum Gasteiger partial charge on any atom is 0.132 e.